The second-order valence-electron chi connectivity index (χ2n) is 6.16. The topological polar surface area (TPSA) is 74.2 Å². The minimum Gasteiger partial charge on any atom is -0.337 e. The molecule has 4 rings (SSSR count). The van der Waals surface area contributed by atoms with Gasteiger partial charge in [-0.2, -0.15) is 0 Å². The van der Waals surface area contributed by atoms with Crippen molar-refractivity contribution in [3.05, 3.63) is 35.0 Å². The van der Waals surface area contributed by atoms with Crippen LogP contribution in [0.2, 0.25) is 0 Å². The average Bonchev–Trinajstić information content (AvgIpc) is 3.34. The zero-order valence-corrected chi connectivity index (χ0v) is 14.2. The molecule has 2 fully saturated rings. The van der Waals surface area contributed by atoms with Crippen LogP contribution in [0.5, 0.6) is 0 Å². The van der Waals surface area contributed by atoms with Crippen molar-refractivity contribution in [3.8, 4) is 0 Å². The molecule has 7 nitrogen and oxygen atoms in total. The fraction of sp³-hybridized carbons (Fsp3) is 0.500. The van der Waals surface area contributed by atoms with E-state index in [-0.39, 0.29) is 12.1 Å². The Hall–Kier alpha value is -2.22. The van der Waals surface area contributed by atoms with E-state index in [1.54, 1.807) is 29.9 Å². The molecule has 0 bridgehead atoms. The molecule has 1 aliphatic carbocycles. The molecule has 1 saturated carbocycles. The monoisotopic (exact) mass is 344 g/mol. The van der Waals surface area contributed by atoms with Gasteiger partial charge in [0.05, 0.1) is 6.04 Å². The van der Waals surface area contributed by atoms with Crippen LogP contribution in [0.3, 0.4) is 0 Å². The molecule has 8 heteroatoms. The third-order valence-corrected chi connectivity index (χ3v) is 5.35. The molecule has 0 aromatic carbocycles. The molecule has 2 aromatic rings. The van der Waals surface area contributed by atoms with Crippen molar-refractivity contribution < 1.29 is 4.79 Å². The molecule has 0 spiro atoms. The summed E-state index contributed by atoms with van der Waals surface area (Å²) in [6.45, 7) is 2.87. The molecule has 2 amide bonds. The lowest BCUT2D eigenvalue weighted by Crippen LogP contribution is -2.52. The molecule has 2 aromatic heterocycles. The van der Waals surface area contributed by atoms with Gasteiger partial charge >= 0.3 is 6.03 Å². The summed E-state index contributed by atoms with van der Waals surface area (Å²) in [6.07, 6.45) is 7.64. The minimum atomic E-state index is 0.00994. The fourth-order valence-corrected chi connectivity index (χ4v) is 3.77. The van der Waals surface area contributed by atoms with Gasteiger partial charge in [0.2, 0.25) is 5.95 Å². The van der Waals surface area contributed by atoms with Gasteiger partial charge in [-0.3, -0.25) is 0 Å². The van der Waals surface area contributed by atoms with Gasteiger partial charge in [0, 0.05) is 50.1 Å². The van der Waals surface area contributed by atoms with Crippen molar-refractivity contribution >= 4 is 23.3 Å². The lowest BCUT2D eigenvalue weighted by Gasteiger charge is -2.35. The molecule has 2 aliphatic rings. The van der Waals surface area contributed by atoms with E-state index in [0.717, 1.165) is 24.0 Å². The molecule has 1 N–H and O–H groups in total. The molecule has 1 aliphatic heterocycles. The molecule has 24 heavy (non-hydrogen) atoms. The SMILES string of the molecule is O=C(N[C@H](c1nccs1)C1CC1)N1CCN(c2ncccn2)CC1. The summed E-state index contributed by atoms with van der Waals surface area (Å²) >= 11 is 1.62. The van der Waals surface area contributed by atoms with E-state index in [1.165, 1.54) is 12.8 Å². The van der Waals surface area contributed by atoms with E-state index in [2.05, 4.69) is 25.2 Å². The number of urea groups is 1. The Morgan fingerprint density at radius 1 is 1.12 bits per heavy atom. The van der Waals surface area contributed by atoms with E-state index in [9.17, 15) is 4.79 Å². The van der Waals surface area contributed by atoms with Crippen LogP contribution < -0.4 is 10.2 Å². The van der Waals surface area contributed by atoms with Crippen molar-refractivity contribution in [1.82, 2.24) is 25.2 Å². The number of aromatic nitrogens is 3. The van der Waals surface area contributed by atoms with Gasteiger partial charge in [-0.25, -0.2) is 19.7 Å². The van der Waals surface area contributed by atoms with Crippen molar-refractivity contribution in [3.63, 3.8) is 0 Å². The molecular weight excluding hydrogens is 324 g/mol. The maximum absolute atomic E-state index is 12.6. The summed E-state index contributed by atoms with van der Waals surface area (Å²) in [6, 6.07) is 1.88. The molecule has 126 valence electrons. The van der Waals surface area contributed by atoms with Gasteiger partial charge in [-0.15, -0.1) is 11.3 Å². The Morgan fingerprint density at radius 3 is 2.50 bits per heavy atom. The number of rotatable bonds is 4. The smallest absolute Gasteiger partial charge is 0.318 e. The average molecular weight is 344 g/mol. The van der Waals surface area contributed by atoms with Crippen LogP contribution in [-0.2, 0) is 0 Å². The Labute approximate surface area is 144 Å². The molecule has 0 radical (unpaired) electrons. The first-order valence-corrected chi connectivity index (χ1v) is 9.16. The number of hydrogen-bond donors (Lipinski definition) is 1. The van der Waals surface area contributed by atoms with Crippen molar-refractivity contribution in [2.24, 2.45) is 5.92 Å². The summed E-state index contributed by atoms with van der Waals surface area (Å²) in [5.74, 6) is 1.27. The predicted octanol–water partition coefficient (Wildman–Crippen LogP) is 1.92. The summed E-state index contributed by atoms with van der Waals surface area (Å²) < 4.78 is 0. The van der Waals surface area contributed by atoms with Gasteiger partial charge in [0.25, 0.3) is 0 Å². The lowest BCUT2D eigenvalue weighted by molar-refractivity contribution is 0.188. The molecule has 3 heterocycles. The van der Waals surface area contributed by atoms with Gasteiger partial charge in [0.15, 0.2) is 0 Å². The number of carbonyl (C=O) groups is 1. The molecule has 1 atom stereocenters. The molecule has 1 saturated heterocycles. The third kappa shape index (κ3) is 3.33. The summed E-state index contributed by atoms with van der Waals surface area (Å²) in [4.78, 5) is 29.6. The maximum atomic E-state index is 12.6. The zero-order chi connectivity index (χ0) is 16.4. The Kier molecular flexibility index (Phi) is 4.29. The van der Waals surface area contributed by atoms with Crippen LogP contribution in [0.4, 0.5) is 10.7 Å². The first kappa shape index (κ1) is 15.3. The first-order chi connectivity index (χ1) is 11.8. The van der Waals surface area contributed by atoms with Gasteiger partial charge < -0.3 is 15.1 Å². The predicted molar refractivity (Wildman–Crippen MR) is 91.9 cm³/mol. The highest BCUT2D eigenvalue weighted by Gasteiger charge is 2.36. The zero-order valence-electron chi connectivity index (χ0n) is 13.3. The Morgan fingerprint density at radius 2 is 1.88 bits per heavy atom. The van der Waals surface area contributed by atoms with E-state index in [0.29, 0.717) is 19.0 Å². The van der Waals surface area contributed by atoms with Gasteiger partial charge in [0.1, 0.15) is 5.01 Å². The van der Waals surface area contributed by atoms with Crippen LogP contribution in [0.15, 0.2) is 30.0 Å². The number of anilines is 1. The third-order valence-electron chi connectivity index (χ3n) is 4.49. The first-order valence-electron chi connectivity index (χ1n) is 8.28. The number of piperazine rings is 1. The highest BCUT2D eigenvalue weighted by Crippen LogP contribution is 2.41. The van der Waals surface area contributed by atoms with Crippen molar-refractivity contribution in [1.29, 1.82) is 0 Å². The summed E-state index contributed by atoms with van der Waals surface area (Å²) in [7, 11) is 0. The van der Waals surface area contributed by atoms with E-state index < -0.39 is 0 Å². The van der Waals surface area contributed by atoms with Crippen LogP contribution >= 0.6 is 11.3 Å². The van der Waals surface area contributed by atoms with E-state index in [1.807, 2.05) is 16.3 Å². The standard InChI is InChI=1S/C16H20N6OS/c23-16(20-13(12-2-3-12)14-17-6-11-24-14)22-9-7-21(8-10-22)15-18-4-1-5-19-15/h1,4-6,11-13H,2-3,7-10H2,(H,20,23)/t13-/m0/s1. The Bertz CT molecular complexity index is 667. The highest BCUT2D eigenvalue weighted by molar-refractivity contribution is 7.09. The molecule has 0 unspecified atom stereocenters. The van der Waals surface area contributed by atoms with E-state index in [4.69, 9.17) is 0 Å². The van der Waals surface area contributed by atoms with Crippen LogP contribution in [-0.4, -0.2) is 52.1 Å². The quantitative estimate of drug-likeness (QED) is 0.917. The summed E-state index contributed by atoms with van der Waals surface area (Å²) in [5, 5.41) is 6.17. The largest absolute Gasteiger partial charge is 0.337 e. The summed E-state index contributed by atoms with van der Waals surface area (Å²) in [5.41, 5.74) is 0. The highest BCUT2D eigenvalue weighted by atomic mass is 32.1. The van der Waals surface area contributed by atoms with Gasteiger partial charge in [-0.05, 0) is 24.8 Å². The number of carbonyl (C=O) groups excluding carboxylic acids is 1. The number of amides is 2. The van der Waals surface area contributed by atoms with Crippen LogP contribution in [0.25, 0.3) is 0 Å². The number of thiazole rings is 1. The van der Waals surface area contributed by atoms with Crippen LogP contribution in [0, 0.1) is 5.92 Å². The number of hydrogen-bond acceptors (Lipinski definition) is 6. The second-order valence-corrected chi connectivity index (χ2v) is 7.08. The van der Waals surface area contributed by atoms with Gasteiger partial charge in [-0.1, -0.05) is 0 Å². The fourth-order valence-electron chi connectivity index (χ4n) is 2.99. The lowest BCUT2D eigenvalue weighted by atomic mass is 10.2. The maximum Gasteiger partial charge on any atom is 0.318 e. The Balaban J connectivity index is 1.34. The normalized spacial score (nSPS) is 19.2. The second kappa shape index (κ2) is 6.72. The number of nitrogens with zero attached hydrogens (tertiary/aromatic N) is 5. The molecular formula is C16H20N6OS. The van der Waals surface area contributed by atoms with E-state index >= 15 is 0 Å². The number of nitrogens with one attached hydrogen (secondary N) is 1. The van der Waals surface area contributed by atoms with Crippen molar-refractivity contribution in [2.75, 3.05) is 31.1 Å². The van der Waals surface area contributed by atoms with Crippen LogP contribution in [0.1, 0.15) is 23.9 Å². The van der Waals surface area contributed by atoms with Crippen molar-refractivity contribution in [2.45, 2.75) is 18.9 Å². The minimum absolute atomic E-state index is 0.00994.